The maximum atomic E-state index is 4.31. The van der Waals surface area contributed by atoms with E-state index in [1.807, 2.05) is 24.2 Å². The van der Waals surface area contributed by atoms with Crippen molar-refractivity contribution < 1.29 is 0 Å². The molecule has 0 fully saturated rings. The lowest BCUT2D eigenvalue weighted by atomic mass is 10.1. The van der Waals surface area contributed by atoms with E-state index in [1.54, 1.807) is 0 Å². The van der Waals surface area contributed by atoms with Crippen LogP contribution < -0.4 is 5.32 Å². The highest BCUT2D eigenvalue weighted by Crippen LogP contribution is 2.16. The molecule has 102 valence electrons. The smallest absolute Gasteiger partial charge is 0.0346 e. The zero-order valence-corrected chi connectivity index (χ0v) is 12.4. The summed E-state index contributed by atoms with van der Waals surface area (Å²) >= 11 is 1.94. The second-order valence-corrected chi connectivity index (χ2v) is 5.74. The molecule has 3 heteroatoms. The Bertz CT molecular complexity index is 494. The molecule has 0 spiro atoms. The summed E-state index contributed by atoms with van der Waals surface area (Å²) in [4.78, 5) is 4.31. The molecule has 1 aromatic carbocycles. The highest BCUT2D eigenvalue weighted by molar-refractivity contribution is 7.98. The van der Waals surface area contributed by atoms with Crippen LogP contribution >= 0.6 is 11.8 Å². The average molecular weight is 274 g/mol. The minimum atomic E-state index is 0.914. The molecular weight excluding hydrogens is 252 g/mol. The van der Waals surface area contributed by atoms with Crippen LogP contribution in [0.15, 0.2) is 36.7 Å². The molecule has 0 bridgehead atoms. The highest BCUT2D eigenvalue weighted by Gasteiger charge is 2.00. The van der Waals surface area contributed by atoms with Gasteiger partial charge in [0.1, 0.15) is 0 Å². The van der Waals surface area contributed by atoms with E-state index in [0.29, 0.717) is 0 Å². The van der Waals surface area contributed by atoms with Gasteiger partial charge in [0, 0.05) is 24.3 Å². The van der Waals surface area contributed by atoms with Crippen molar-refractivity contribution in [3.8, 4) is 0 Å². The van der Waals surface area contributed by atoms with Crippen LogP contribution in [0.3, 0.4) is 0 Å². The summed E-state index contributed by atoms with van der Waals surface area (Å²) in [7, 11) is 0. The van der Waals surface area contributed by atoms with Crippen LogP contribution in [0, 0.1) is 0 Å². The van der Waals surface area contributed by atoms with E-state index in [1.165, 1.54) is 41.4 Å². The van der Waals surface area contributed by atoms with Crippen LogP contribution in [0.4, 0.5) is 0 Å². The molecule has 1 N–H and O–H groups in total. The molecule has 0 saturated heterocycles. The number of fused-ring (bicyclic) bond motifs is 1. The summed E-state index contributed by atoms with van der Waals surface area (Å²) in [5.74, 6) is 1.28. The number of pyridine rings is 1. The van der Waals surface area contributed by atoms with Crippen LogP contribution in [-0.2, 0) is 6.54 Å². The van der Waals surface area contributed by atoms with E-state index in [9.17, 15) is 0 Å². The Morgan fingerprint density at radius 3 is 2.89 bits per heavy atom. The zero-order valence-electron chi connectivity index (χ0n) is 11.6. The Labute approximate surface area is 120 Å². The zero-order chi connectivity index (χ0) is 13.3. The molecule has 2 rings (SSSR count). The molecule has 0 aliphatic rings. The van der Waals surface area contributed by atoms with Crippen molar-refractivity contribution in [2.45, 2.75) is 25.8 Å². The van der Waals surface area contributed by atoms with Gasteiger partial charge >= 0.3 is 0 Å². The first kappa shape index (κ1) is 14.4. The fourth-order valence-corrected chi connectivity index (χ4v) is 2.71. The van der Waals surface area contributed by atoms with Crippen LogP contribution in [0.25, 0.3) is 10.8 Å². The fraction of sp³-hybridized carbons (Fsp3) is 0.438. The molecule has 0 aliphatic heterocycles. The SMILES string of the molecule is CSCCCCCNCc1cncc2ccccc12. The van der Waals surface area contributed by atoms with Gasteiger partial charge in [0.05, 0.1) is 0 Å². The Morgan fingerprint density at radius 1 is 1.11 bits per heavy atom. The van der Waals surface area contributed by atoms with Gasteiger partial charge in [-0.1, -0.05) is 30.7 Å². The molecular formula is C16H22N2S. The number of hydrogen-bond acceptors (Lipinski definition) is 3. The van der Waals surface area contributed by atoms with Gasteiger partial charge in [-0.3, -0.25) is 4.98 Å². The average Bonchev–Trinajstić information content (AvgIpc) is 2.46. The van der Waals surface area contributed by atoms with Crippen molar-refractivity contribution in [3.63, 3.8) is 0 Å². The molecule has 2 nitrogen and oxygen atoms in total. The molecule has 0 atom stereocenters. The maximum Gasteiger partial charge on any atom is 0.0346 e. The first-order valence-corrected chi connectivity index (χ1v) is 8.32. The number of unbranched alkanes of at least 4 members (excludes halogenated alkanes) is 2. The molecule has 2 aromatic rings. The lowest BCUT2D eigenvalue weighted by molar-refractivity contribution is 0.619. The van der Waals surface area contributed by atoms with Crippen LogP contribution in [-0.4, -0.2) is 23.5 Å². The van der Waals surface area contributed by atoms with Gasteiger partial charge < -0.3 is 5.32 Å². The van der Waals surface area contributed by atoms with Crippen LogP contribution in [0.2, 0.25) is 0 Å². The third-order valence-corrected chi connectivity index (χ3v) is 3.97. The molecule has 0 aliphatic carbocycles. The summed E-state index contributed by atoms with van der Waals surface area (Å²) in [5.41, 5.74) is 1.29. The number of nitrogens with one attached hydrogen (secondary N) is 1. The highest BCUT2D eigenvalue weighted by atomic mass is 32.2. The summed E-state index contributed by atoms with van der Waals surface area (Å²) < 4.78 is 0. The number of hydrogen-bond donors (Lipinski definition) is 1. The Hall–Kier alpha value is -1.06. The van der Waals surface area contributed by atoms with E-state index in [4.69, 9.17) is 0 Å². The fourth-order valence-electron chi connectivity index (χ4n) is 2.22. The van der Waals surface area contributed by atoms with E-state index in [2.05, 4.69) is 40.8 Å². The number of rotatable bonds is 8. The molecule has 1 heterocycles. The monoisotopic (exact) mass is 274 g/mol. The van der Waals surface area contributed by atoms with E-state index in [-0.39, 0.29) is 0 Å². The van der Waals surface area contributed by atoms with E-state index >= 15 is 0 Å². The van der Waals surface area contributed by atoms with Crippen molar-refractivity contribution in [1.82, 2.24) is 10.3 Å². The van der Waals surface area contributed by atoms with Gasteiger partial charge in [-0.2, -0.15) is 11.8 Å². The summed E-state index contributed by atoms with van der Waals surface area (Å²) in [6.45, 7) is 2.01. The third kappa shape index (κ3) is 4.51. The lowest BCUT2D eigenvalue weighted by Crippen LogP contribution is -2.15. The standard InChI is InChI=1S/C16H22N2S/c1-19-10-6-2-5-9-17-12-15-13-18-11-14-7-3-4-8-16(14)15/h3-4,7-8,11,13,17H,2,5-6,9-10,12H2,1H3. The number of aromatic nitrogens is 1. The van der Waals surface area contributed by atoms with Crippen molar-refractivity contribution in [2.75, 3.05) is 18.6 Å². The van der Waals surface area contributed by atoms with Crippen molar-refractivity contribution in [1.29, 1.82) is 0 Å². The maximum absolute atomic E-state index is 4.31. The van der Waals surface area contributed by atoms with Crippen molar-refractivity contribution in [2.24, 2.45) is 0 Å². The summed E-state index contributed by atoms with van der Waals surface area (Å²) in [6, 6.07) is 8.45. The van der Waals surface area contributed by atoms with Gasteiger partial charge in [0.25, 0.3) is 0 Å². The van der Waals surface area contributed by atoms with Gasteiger partial charge in [-0.25, -0.2) is 0 Å². The first-order valence-electron chi connectivity index (χ1n) is 6.93. The van der Waals surface area contributed by atoms with Crippen LogP contribution in [0.5, 0.6) is 0 Å². The van der Waals surface area contributed by atoms with Gasteiger partial charge in [0.15, 0.2) is 0 Å². The predicted molar refractivity (Wildman–Crippen MR) is 85.7 cm³/mol. The Kier molecular flexibility index (Phi) is 6.18. The van der Waals surface area contributed by atoms with Crippen molar-refractivity contribution in [3.05, 3.63) is 42.2 Å². The molecule has 0 radical (unpaired) electrons. The minimum Gasteiger partial charge on any atom is -0.313 e. The lowest BCUT2D eigenvalue weighted by Gasteiger charge is -2.07. The molecule has 19 heavy (non-hydrogen) atoms. The van der Waals surface area contributed by atoms with Gasteiger partial charge in [-0.15, -0.1) is 0 Å². The second-order valence-electron chi connectivity index (χ2n) is 4.75. The van der Waals surface area contributed by atoms with E-state index < -0.39 is 0 Å². The number of nitrogens with zero attached hydrogens (tertiary/aromatic N) is 1. The third-order valence-electron chi connectivity index (χ3n) is 3.27. The predicted octanol–water partition coefficient (Wildman–Crippen LogP) is 3.86. The van der Waals surface area contributed by atoms with Gasteiger partial charge in [0.2, 0.25) is 0 Å². The quantitative estimate of drug-likeness (QED) is 0.740. The number of benzene rings is 1. The minimum absolute atomic E-state index is 0.914. The number of thioether (sulfide) groups is 1. The molecule has 0 unspecified atom stereocenters. The Morgan fingerprint density at radius 2 is 2.00 bits per heavy atom. The molecule has 1 aromatic heterocycles. The first-order chi connectivity index (χ1) is 9.42. The van der Waals surface area contributed by atoms with Crippen LogP contribution in [0.1, 0.15) is 24.8 Å². The molecule has 0 saturated carbocycles. The van der Waals surface area contributed by atoms with E-state index in [0.717, 1.165) is 13.1 Å². The second kappa shape index (κ2) is 8.18. The van der Waals surface area contributed by atoms with Gasteiger partial charge in [-0.05, 0) is 42.3 Å². The topological polar surface area (TPSA) is 24.9 Å². The Balaban J connectivity index is 1.78. The summed E-state index contributed by atoms with van der Waals surface area (Å²) in [6.07, 6.45) is 10.00. The van der Waals surface area contributed by atoms with Crippen molar-refractivity contribution >= 4 is 22.5 Å². The largest absolute Gasteiger partial charge is 0.313 e. The normalized spacial score (nSPS) is 11.0. The summed E-state index contributed by atoms with van der Waals surface area (Å²) in [5, 5.41) is 6.06. The molecule has 0 amide bonds.